The number of aryl methyl sites for hydroxylation is 2. The van der Waals surface area contributed by atoms with E-state index in [1.807, 2.05) is 26.1 Å². The number of nitrogens with zero attached hydrogens (tertiary/aromatic N) is 4. The van der Waals surface area contributed by atoms with Crippen LogP contribution >= 0.6 is 11.3 Å². The highest BCUT2D eigenvalue weighted by atomic mass is 32.2. The fourth-order valence-electron chi connectivity index (χ4n) is 3.24. The van der Waals surface area contributed by atoms with Gasteiger partial charge in [0.25, 0.3) is 0 Å². The van der Waals surface area contributed by atoms with E-state index in [4.69, 9.17) is 0 Å². The number of anilines is 2. The highest BCUT2D eigenvalue weighted by molar-refractivity contribution is 7.89. The van der Waals surface area contributed by atoms with E-state index < -0.39 is 10.0 Å². The van der Waals surface area contributed by atoms with Crippen LogP contribution in [0.15, 0.2) is 12.3 Å². The van der Waals surface area contributed by atoms with Crippen molar-refractivity contribution in [3.63, 3.8) is 0 Å². The number of piperidine rings is 1. The van der Waals surface area contributed by atoms with Crippen LogP contribution in [0, 0.1) is 19.8 Å². The van der Waals surface area contributed by atoms with E-state index in [9.17, 15) is 8.42 Å². The van der Waals surface area contributed by atoms with Crippen molar-refractivity contribution in [1.29, 1.82) is 0 Å². The Kier molecular flexibility index (Phi) is 5.89. The van der Waals surface area contributed by atoms with Crippen molar-refractivity contribution in [3.8, 4) is 0 Å². The first-order valence-corrected chi connectivity index (χ1v) is 11.3. The Morgan fingerprint density at radius 2 is 2.15 bits per heavy atom. The third kappa shape index (κ3) is 4.77. The van der Waals surface area contributed by atoms with Crippen molar-refractivity contribution in [2.45, 2.75) is 40.0 Å². The molecule has 9 heteroatoms. The molecule has 0 aromatic carbocycles. The molecule has 0 spiro atoms. The van der Waals surface area contributed by atoms with Gasteiger partial charge in [-0.3, -0.25) is 0 Å². The molecule has 0 radical (unpaired) electrons. The van der Waals surface area contributed by atoms with Crippen molar-refractivity contribution in [2.24, 2.45) is 5.92 Å². The molecule has 0 bridgehead atoms. The molecule has 1 atom stereocenters. The molecule has 0 saturated carbocycles. The number of hydrogen-bond donors (Lipinski definition) is 1. The van der Waals surface area contributed by atoms with Gasteiger partial charge >= 0.3 is 0 Å². The smallest absolute Gasteiger partial charge is 0.213 e. The maximum atomic E-state index is 12.2. The standard InChI is InChI=1S/C17H25N5O2S2/c1-4-26(23,24)22-7-5-6-14(11-22)8-15-9-16(20-13(3)19-15)21-17-18-10-12(2)25-17/h9-10,14H,4-8,11H2,1-3H3,(H,18,19,20,21). The average Bonchev–Trinajstić information content (AvgIpc) is 2.99. The van der Waals surface area contributed by atoms with E-state index in [2.05, 4.69) is 20.3 Å². The zero-order chi connectivity index (χ0) is 18.7. The zero-order valence-corrected chi connectivity index (χ0v) is 17.0. The zero-order valence-electron chi connectivity index (χ0n) is 15.4. The normalized spacial score (nSPS) is 18.8. The summed E-state index contributed by atoms with van der Waals surface area (Å²) in [5.41, 5.74) is 0.939. The number of rotatable bonds is 6. The molecule has 1 unspecified atom stereocenters. The van der Waals surface area contributed by atoms with Gasteiger partial charge in [0.2, 0.25) is 10.0 Å². The Balaban J connectivity index is 1.71. The minimum Gasteiger partial charge on any atom is -0.316 e. The molecular formula is C17H25N5O2S2. The van der Waals surface area contributed by atoms with Gasteiger partial charge in [-0.2, -0.15) is 0 Å². The first kappa shape index (κ1) is 19.2. The van der Waals surface area contributed by atoms with Gasteiger partial charge in [-0.05, 0) is 46.0 Å². The molecule has 3 rings (SSSR count). The van der Waals surface area contributed by atoms with Crippen LogP contribution in [0.25, 0.3) is 0 Å². The van der Waals surface area contributed by atoms with Crippen molar-refractivity contribution < 1.29 is 8.42 Å². The lowest BCUT2D eigenvalue weighted by atomic mass is 9.94. The summed E-state index contributed by atoms with van der Waals surface area (Å²) in [6.07, 6.45) is 4.50. The molecule has 0 aliphatic carbocycles. The van der Waals surface area contributed by atoms with Gasteiger partial charge in [0.05, 0.1) is 5.75 Å². The van der Waals surface area contributed by atoms with E-state index in [-0.39, 0.29) is 11.7 Å². The van der Waals surface area contributed by atoms with Crippen LogP contribution < -0.4 is 5.32 Å². The molecule has 142 valence electrons. The van der Waals surface area contributed by atoms with Crippen LogP contribution in [-0.4, -0.2) is 46.5 Å². The van der Waals surface area contributed by atoms with Crippen LogP contribution in [0.4, 0.5) is 10.9 Å². The van der Waals surface area contributed by atoms with E-state index in [0.29, 0.717) is 18.9 Å². The maximum Gasteiger partial charge on any atom is 0.213 e. The lowest BCUT2D eigenvalue weighted by molar-refractivity contribution is 0.264. The SMILES string of the molecule is CCS(=O)(=O)N1CCCC(Cc2cc(Nc3ncc(C)s3)nc(C)n2)C1. The van der Waals surface area contributed by atoms with Gasteiger partial charge in [0.1, 0.15) is 11.6 Å². The Bertz CT molecular complexity index is 866. The van der Waals surface area contributed by atoms with Gasteiger partial charge in [0, 0.05) is 35.9 Å². The molecule has 1 fully saturated rings. The minimum atomic E-state index is -3.12. The fraction of sp³-hybridized carbons (Fsp3) is 0.588. The molecular weight excluding hydrogens is 370 g/mol. The predicted octanol–water partition coefficient (Wildman–Crippen LogP) is 2.90. The number of hydrogen-bond acceptors (Lipinski definition) is 7. The summed E-state index contributed by atoms with van der Waals surface area (Å²) < 4.78 is 25.9. The summed E-state index contributed by atoms with van der Waals surface area (Å²) in [6.45, 7) is 6.79. The summed E-state index contributed by atoms with van der Waals surface area (Å²) in [7, 11) is -3.12. The largest absolute Gasteiger partial charge is 0.316 e. The Hall–Kier alpha value is -1.58. The third-order valence-corrected chi connectivity index (χ3v) is 7.16. The quantitative estimate of drug-likeness (QED) is 0.809. The summed E-state index contributed by atoms with van der Waals surface area (Å²) in [5, 5.41) is 4.05. The summed E-state index contributed by atoms with van der Waals surface area (Å²) in [5.74, 6) is 1.88. The van der Waals surface area contributed by atoms with Gasteiger partial charge in [-0.25, -0.2) is 27.7 Å². The predicted molar refractivity (Wildman–Crippen MR) is 104 cm³/mol. The second-order valence-electron chi connectivity index (χ2n) is 6.66. The number of sulfonamides is 1. The Morgan fingerprint density at radius 3 is 2.85 bits per heavy atom. The number of nitrogens with one attached hydrogen (secondary N) is 1. The first-order valence-electron chi connectivity index (χ1n) is 8.87. The molecule has 1 aliphatic heterocycles. The van der Waals surface area contributed by atoms with Gasteiger partial charge in [-0.15, -0.1) is 11.3 Å². The van der Waals surface area contributed by atoms with Crippen molar-refractivity contribution >= 4 is 32.3 Å². The first-order chi connectivity index (χ1) is 12.4. The molecule has 2 aromatic rings. The summed E-state index contributed by atoms with van der Waals surface area (Å²) >= 11 is 1.58. The number of thiazole rings is 1. The van der Waals surface area contributed by atoms with Crippen LogP contribution in [-0.2, 0) is 16.4 Å². The molecule has 1 N–H and O–H groups in total. The van der Waals surface area contributed by atoms with Crippen molar-refractivity contribution in [1.82, 2.24) is 19.3 Å². The van der Waals surface area contributed by atoms with E-state index in [0.717, 1.165) is 40.8 Å². The second-order valence-corrected chi connectivity index (χ2v) is 10.2. The molecule has 1 aliphatic rings. The van der Waals surface area contributed by atoms with E-state index in [1.54, 1.807) is 22.6 Å². The summed E-state index contributed by atoms with van der Waals surface area (Å²) in [4.78, 5) is 14.4. The Labute approximate surface area is 159 Å². The van der Waals surface area contributed by atoms with E-state index in [1.165, 1.54) is 0 Å². The van der Waals surface area contributed by atoms with Crippen molar-refractivity contribution in [3.05, 3.63) is 28.7 Å². The maximum absolute atomic E-state index is 12.2. The minimum absolute atomic E-state index is 0.160. The molecule has 7 nitrogen and oxygen atoms in total. The third-order valence-electron chi connectivity index (χ3n) is 4.48. The summed E-state index contributed by atoms with van der Waals surface area (Å²) in [6, 6.07) is 1.94. The fourth-order valence-corrected chi connectivity index (χ4v) is 5.13. The molecule has 1 saturated heterocycles. The van der Waals surface area contributed by atoms with Crippen LogP contribution in [0.3, 0.4) is 0 Å². The van der Waals surface area contributed by atoms with Crippen LogP contribution in [0.2, 0.25) is 0 Å². The average molecular weight is 396 g/mol. The molecule has 26 heavy (non-hydrogen) atoms. The monoisotopic (exact) mass is 395 g/mol. The van der Waals surface area contributed by atoms with Crippen LogP contribution in [0.5, 0.6) is 0 Å². The van der Waals surface area contributed by atoms with Gasteiger partial charge < -0.3 is 5.32 Å². The number of aromatic nitrogens is 3. The second kappa shape index (κ2) is 7.98. The Morgan fingerprint density at radius 1 is 1.35 bits per heavy atom. The highest BCUT2D eigenvalue weighted by Crippen LogP contribution is 2.25. The van der Waals surface area contributed by atoms with Gasteiger partial charge in [0.15, 0.2) is 5.13 Å². The highest BCUT2D eigenvalue weighted by Gasteiger charge is 2.28. The molecule has 3 heterocycles. The molecule has 0 amide bonds. The topological polar surface area (TPSA) is 88.1 Å². The molecule has 2 aromatic heterocycles. The van der Waals surface area contributed by atoms with Gasteiger partial charge in [-0.1, -0.05) is 0 Å². The lowest BCUT2D eigenvalue weighted by Gasteiger charge is -2.31. The van der Waals surface area contributed by atoms with Crippen molar-refractivity contribution in [2.75, 3.05) is 24.2 Å². The van der Waals surface area contributed by atoms with E-state index >= 15 is 0 Å². The van der Waals surface area contributed by atoms with Crippen LogP contribution in [0.1, 0.15) is 36.2 Å². The lowest BCUT2D eigenvalue weighted by Crippen LogP contribution is -2.41.